The van der Waals surface area contributed by atoms with Gasteiger partial charge in [-0.2, -0.15) is 0 Å². The van der Waals surface area contributed by atoms with E-state index in [1.165, 1.54) is 9.75 Å². The number of aryl methyl sites for hydroxylation is 1. The van der Waals surface area contributed by atoms with Crippen molar-refractivity contribution in [3.8, 4) is 0 Å². The van der Waals surface area contributed by atoms with Gasteiger partial charge in [0.25, 0.3) is 0 Å². The molecule has 0 aromatic carbocycles. The highest BCUT2D eigenvalue weighted by Gasteiger charge is 2.32. The van der Waals surface area contributed by atoms with Crippen LogP contribution < -0.4 is 5.32 Å². The average molecular weight is 223 g/mol. The quantitative estimate of drug-likeness (QED) is 0.820. The van der Waals surface area contributed by atoms with Crippen molar-refractivity contribution < 1.29 is 4.79 Å². The highest BCUT2D eigenvalue weighted by atomic mass is 32.1. The largest absolute Gasteiger partial charge is 0.355 e. The molecule has 15 heavy (non-hydrogen) atoms. The normalized spacial score (nSPS) is 26.4. The standard InChI is InChI=1S/C12H17NOS/c1-3-9-4-5-10(15-9)12(2)7-6-11(14)13-8-12/h4-5H,3,6-8H2,1-2H3,(H,13,14). The molecule has 0 radical (unpaired) electrons. The number of hydrogen-bond acceptors (Lipinski definition) is 2. The Labute approximate surface area is 94.7 Å². The maximum absolute atomic E-state index is 11.1. The molecule has 0 bridgehead atoms. The molecule has 1 N–H and O–H groups in total. The molecule has 2 heterocycles. The van der Waals surface area contributed by atoms with Crippen LogP contribution in [-0.4, -0.2) is 12.5 Å². The van der Waals surface area contributed by atoms with Crippen molar-refractivity contribution in [1.82, 2.24) is 5.32 Å². The minimum atomic E-state index is 0.159. The van der Waals surface area contributed by atoms with Gasteiger partial charge in [0.2, 0.25) is 5.91 Å². The molecule has 3 heteroatoms. The second-order valence-electron chi connectivity index (χ2n) is 4.46. The summed E-state index contributed by atoms with van der Waals surface area (Å²) in [5.74, 6) is 0.194. The van der Waals surface area contributed by atoms with Gasteiger partial charge < -0.3 is 5.32 Å². The second kappa shape index (κ2) is 3.97. The van der Waals surface area contributed by atoms with Crippen LogP contribution in [0.4, 0.5) is 0 Å². The van der Waals surface area contributed by atoms with E-state index in [1.807, 2.05) is 11.3 Å². The topological polar surface area (TPSA) is 29.1 Å². The van der Waals surface area contributed by atoms with Gasteiger partial charge in [-0.05, 0) is 25.0 Å². The molecule has 1 saturated heterocycles. The van der Waals surface area contributed by atoms with Gasteiger partial charge in [0.15, 0.2) is 0 Å². The van der Waals surface area contributed by atoms with Gasteiger partial charge in [-0.1, -0.05) is 13.8 Å². The molecule has 1 atom stereocenters. The molecule has 1 amide bonds. The van der Waals surface area contributed by atoms with Crippen molar-refractivity contribution in [2.45, 2.75) is 38.5 Å². The Kier molecular flexibility index (Phi) is 2.83. The van der Waals surface area contributed by atoms with E-state index in [9.17, 15) is 4.79 Å². The van der Waals surface area contributed by atoms with Gasteiger partial charge in [-0.25, -0.2) is 0 Å². The number of nitrogens with one attached hydrogen (secondary N) is 1. The van der Waals surface area contributed by atoms with E-state index in [-0.39, 0.29) is 11.3 Å². The summed E-state index contributed by atoms with van der Waals surface area (Å²) in [6.45, 7) is 5.22. The fourth-order valence-corrected chi connectivity index (χ4v) is 3.08. The van der Waals surface area contributed by atoms with Gasteiger partial charge in [0, 0.05) is 28.1 Å². The van der Waals surface area contributed by atoms with Crippen molar-refractivity contribution in [3.63, 3.8) is 0 Å². The van der Waals surface area contributed by atoms with Crippen LogP contribution in [0.2, 0.25) is 0 Å². The third-order valence-electron chi connectivity index (χ3n) is 3.18. The Balaban J connectivity index is 2.18. The van der Waals surface area contributed by atoms with E-state index in [1.54, 1.807) is 0 Å². The molecule has 0 saturated carbocycles. The summed E-state index contributed by atoms with van der Waals surface area (Å²) in [5.41, 5.74) is 0.159. The number of hydrogen-bond donors (Lipinski definition) is 1. The second-order valence-corrected chi connectivity index (χ2v) is 5.63. The Morgan fingerprint density at radius 2 is 2.33 bits per heavy atom. The summed E-state index contributed by atoms with van der Waals surface area (Å²) in [6, 6.07) is 4.43. The molecule has 1 unspecified atom stereocenters. The monoisotopic (exact) mass is 223 g/mol. The van der Waals surface area contributed by atoms with Gasteiger partial charge in [0.05, 0.1) is 0 Å². The fourth-order valence-electron chi connectivity index (χ4n) is 1.96. The summed E-state index contributed by atoms with van der Waals surface area (Å²) in [4.78, 5) is 14.0. The van der Waals surface area contributed by atoms with Crippen molar-refractivity contribution in [2.75, 3.05) is 6.54 Å². The van der Waals surface area contributed by atoms with Crippen molar-refractivity contribution in [3.05, 3.63) is 21.9 Å². The molecule has 82 valence electrons. The Morgan fingerprint density at radius 1 is 1.53 bits per heavy atom. The molecule has 2 rings (SSSR count). The Morgan fingerprint density at radius 3 is 2.87 bits per heavy atom. The molecule has 0 aliphatic carbocycles. The summed E-state index contributed by atoms with van der Waals surface area (Å²) in [7, 11) is 0. The first kappa shape index (κ1) is 10.7. The maximum Gasteiger partial charge on any atom is 0.220 e. The van der Waals surface area contributed by atoms with Crippen LogP contribution in [-0.2, 0) is 16.6 Å². The lowest BCUT2D eigenvalue weighted by molar-refractivity contribution is -0.123. The first-order chi connectivity index (χ1) is 7.14. The average Bonchev–Trinajstić information content (AvgIpc) is 2.72. The highest BCUT2D eigenvalue weighted by molar-refractivity contribution is 7.12. The maximum atomic E-state index is 11.1. The van der Waals surface area contributed by atoms with Crippen LogP contribution in [0.15, 0.2) is 12.1 Å². The predicted octanol–water partition coefficient (Wildman–Crippen LogP) is 2.48. The SMILES string of the molecule is CCc1ccc(C2(C)CCC(=O)NC2)s1. The van der Waals surface area contributed by atoms with Crippen molar-refractivity contribution in [1.29, 1.82) is 0 Å². The molecule has 2 nitrogen and oxygen atoms in total. The smallest absolute Gasteiger partial charge is 0.220 e. The summed E-state index contributed by atoms with van der Waals surface area (Å²) < 4.78 is 0. The molecule has 1 aliphatic rings. The van der Waals surface area contributed by atoms with Crippen molar-refractivity contribution >= 4 is 17.2 Å². The zero-order valence-electron chi connectivity index (χ0n) is 9.30. The van der Waals surface area contributed by atoms with E-state index in [0.717, 1.165) is 19.4 Å². The van der Waals surface area contributed by atoms with E-state index in [4.69, 9.17) is 0 Å². The van der Waals surface area contributed by atoms with Crippen LogP contribution in [0.1, 0.15) is 36.4 Å². The molecule has 1 fully saturated rings. The summed E-state index contributed by atoms with van der Waals surface area (Å²) in [5, 5.41) is 2.97. The summed E-state index contributed by atoms with van der Waals surface area (Å²) >= 11 is 1.89. The highest BCUT2D eigenvalue weighted by Crippen LogP contribution is 2.35. The molecule has 1 aromatic rings. The molecular weight excluding hydrogens is 206 g/mol. The number of amides is 1. The van der Waals surface area contributed by atoms with E-state index >= 15 is 0 Å². The lowest BCUT2D eigenvalue weighted by Crippen LogP contribution is -2.43. The molecular formula is C12H17NOS. The minimum absolute atomic E-state index is 0.159. The van der Waals surface area contributed by atoms with E-state index < -0.39 is 0 Å². The minimum Gasteiger partial charge on any atom is -0.355 e. The zero-order chi connectivity index (χ0) is 10.9. The lowest BCUT2D eigenvalue weighted by atomic mass is 9.81. The van der Waals surface area contributed by atoms with Crippen LogP contribution in [0.3, 0.4) is 0 Å². The lowest BCUT2D eigenvalue weighted by Gasteiger charge is -2.32. The molecule has 1 aromatic heterocycles. The van der Waals surface area contributed by atoms with Gasteiger partial charge >= 0.3 is 0 Å². The van der Waals surface area contributed by atoms with Crippen LogP contribution >= 0.6 is 11.3 Å². The Hall–Kier alpha value is -0.830. The van der Waals surface area contributed by atoms with E-state index in [0.29, 0.717) is 6.42 Å². The first-order valence-corrected chi connectivity index (χ1v) is 6.31. The van der Waals surface area contributed by atoms with Gasteiger partial charge in [-0.15, -0.1) is 11.3 Å². The number of carbonyl (C=O) groups is 1. The molecule has 0 spiro atoms. The van der Waals surface area contributed by atoms with E-state index in [2.05, 4.69) is 31.3 Å². The summed E-state index contributed by atoms with van der Waals surface area (Å²) in [6.07, 6.45) is 2.74. The number of thiophene rings is 1. The zero-order valence-corrected chi connectivity index (χ0v) is 10.1. The number of rotatable bonds is 2. The third-order valence-corrected chi connectivity index (χ3v) is 4.72. The first-order valence-electron chi connectivity index (χ1n) is 5.50. The van der Waals surface area contributed by atoms with Gasteiger partial charge in [0.1, 0.15) is 0 Å². The van der Waals surface area contributed by atoms with Crippen molar-refractivity contribution in [2.24, 2.45) is 0 Å². The molecule has 1 aliphatic heterocycles. The fraction of sp³-hybridized carbons (Fsp3) is 0.583. The van der Waals surface area contributed by atoms with Crippen LogP contribution in [0, 0.1) is 0 Å². The third kappa shape index (κ3) is 2.07. The van der Waals surface area contributed by atoms with Crippen LogP contribution in [0.25, 0.3) is 0 Å². The Bertz CT molecular complexity index is 359. The number of piperidine rings is 1. The predicted molar refractivity (Wildman–Crippen MR) is 63.3 cm³/mol. The van der Waals surface area contributed by atoms with Crippen LogP contribution in [0.5, 0.6) is 0 Å². The number of carbonyl (C=O) groups excluding carboxylic acids is 1. The van der Waals surface area contributed by atoms with Gasteiger partial charge in [-0.3, -0.25) is 4.79 Å².